The van der Waals surface area contributed by atoms with Gasteiger partial charge in [0.05, 0.1) is 6.54 Å². The van der Waals surface area contributed by atoms with Crippen LogP contribution in [0, 0.1) is 0 Å². The maximum Gasteiger partial charge on any atom is 0.325 e. The van der Waals surface area contributed by atoms with Crippen LogP contribution >= 0.6 is 0 Å². The molecule has 0 aromatic heterocycles. The monoisotopic (exact) mass is 344 g/mol. The molecule has 1 aromatic rings. The lowest BCUT2D eigenvalue weighted by Crippen LogP contribution is -2.42. The first kappa shape index (κ1) is 17.5. The van der Waals surface area contributed by atoms with Gasteiger partial charge in [0.2, 0.25) is 0 Å². The summed E-state index contributed by atoms with van der Waals surface area (Å²) in [6.07, 6.45) is 5.73. The molecule has 1 heterocycles. The van der Waals surface area contributed by atoms with Gasteiger partial charge in [-0.3, -0.25) is 9.69 Å². The van der Waals surface area contributed by atoms with E-state index in [0.29, 0.717) is 11.7 Å². The van der Waals surface area contributed by atoms with Crippen molar-refractivity contribution in [2.24, 2.45) is 0 Å². The molecule has 6 heteroatoms. The van der Waals surface area contributed by atoms with E-state index in [1.54, 1.807) is 13.8 Å². The summed E-state index contributed by atoms with van der Waals surface area (Å²) in [6.45, 7) is 3.20. The Hall–Kier alpha value is -2.34. The number of aliphatic hydroxyl groups is 1. The topological polar surface area (TPSA) is 78.9 Å². The van der Waals surface area contributed by atoms with Crippen molar-refractivity contribution in [1.82, 2.24) is 10.2 Å². The maximum atomic E-state index is 12.1. The van der Waals surface area contributed by atoms with Crippen LogP contribution in [0.15, 0.2) is 36.4 Å². The number of ether oxygens (including phenoxy) is 1. The molecule has 0 saturated carbocycles. The summed E-state index contributed by atoms with van der Waals surface area (Å²) in [7, 11) is 0. The van der Waals surface area contributed by atoms with Crippen LogP contribution < -0.4 is 10.1 Å². The van der Waals surface area contributed by atoms with Gasteiger partial charge < -0.3 is 15.2 Å². The fourth-order valence-electron chi connectivity index (χ4n) is 3.16. The number of imide groups is 1. The zero-order valence-electron chi connectivity index (χ0n) is 14.6. The summed E-state index contributed by atoms with van der Waals surface area (Å²) in [5.74, 6) is 0.788. The van der Waals surface area contributed by atoms with Gasteiger partial charge in [0, 0.05) is 5.92 Å². The Balaban J connectivity index is 1.50. The Bertz CT molecular complexity index is 681. The highest BCUT2D eigenvalue weighted by molar-refractivity contribution is 6.06. The molecule has 1 saturated heterocycles. The summed E-state index contributed by atoms with van der Waals surface area (Å²) in [6, 6.07) is 7.34. The lowest BCUT2D eigenvalue weighted by molar-refractivity contribution is -0.131. The van der Waals surface area contributed by atoms with E-state index in [1.165, 1.54) is 5.56 Å². The Labute approximate surface area is 147 Å². The van der Waals surface area contributed by atoms with E-state index in [4.69, 9.17) is 4.74 Å². The van der Waals surface area contributed by atoms with Crippen LogP contribution in [0.3, 0.4) is 0 Å². The summed E-state index contributed by atoms with van der Waals surface area (Å²) >= 11 is 0. The highest BCUT2D eigenvalue weighted by Gasteiger charge is 2.44. The molecule has 134 valence electrons. The minimum atomic E-state index is -0.943. The third kappa shape index (κ3) is 3.85. The van der Waals surface area contributed by atoms with Gasteiger partial charge in [0.15, 0.2) is 0 Å². The molecule has 2 N–H and O–H groups in total. The molecule has 0 radical (unpaired) electrons. The predicted octanol–water partition coefficient (Wildman–Crippen LogP) is 2.19. The van der Waals surface area contributed by atoms with E-state index < -0.39 is 17.7 Å². The standard InChI is InChI=1S/C19H24N2O4/c1-19(2)17(23)21(18(24)20-19)11-15(22)12-25-16-9-7-14(8-10-16)13-5-3-4-6-13/h3,5,7-10,13,15,22H,4,6,11-12H2,1-2H3,(H,20,24)/t13-,15-/m0/s1. The van der Waals surface area contributed by atoms with Crippen molar-refractivity contribution < 1.29 is 19.4 Å². The molecule has 3 amide bonds. The lowest BCUT2D eigenvalue weighted by Gasteiger charge is -2.19. The van der Waals surface area contributed by atoms with Crippen LogP contribution in [0.25, 0.3) is 0 Å². The van der Waals surface area contributed by atoms with Gasteiger partial charge in [-0.2, -0.15) is 0 Å². The summed E-state index contributed by atoms with van der Waals surface area (Å²) in [4.78, 5) is 24.9. The molecule has 1 aliphatic carbocycles. The maximum absolute atomic E-state index is 12.1. The van der Waals surface area contributed by atoms with E-state index in [0.717, 1.165) is 17.7 Å². The predicted molar refractivity (Wildman–Crippen MR) is 93.4 cm³/mol. The van der Waals surface area contributed by atoms with Crippen molar-refractivity contribution in [3.63, 3.8) is 0 Å². The molecule has 25 heavy (non-hydrogen) atoms. The molecule has 0 spiro atoms. The number of nitrogens with one attached hydrogen (secondary N) is 1. The average Bonchev–Trinajstić information content (AvgIpc) is 3.17. The molecular weight excluding hydrogens is 320 g/mol. The van der Waals surface area contributed by atoms with Gasteiger partial charge >= 0.3 is 6.03 Å². The second-order valence-electron chi connectivity index (χ2n) is 7.12. The van der Waals surface area contributed by atoms with Crippen molar-refractivity contribution >= 4 is 11.9 Å². The Morgan fingerprint density at radius 1 is 1.32 bits per heavy atom. The van der Waals surface area contributed by atoms with E-state index in [-0.39, 0.29) is 19.1 Å². The number of amides is 3. The fourth-order valence-corrected chi connectivity index (χ4v) is 3.16. The third-order valence-corrected chi connectivity index (χ3v) is 4.60. The highest BCUT2D eigenvalue weighted by atomic mass is 16.5. The number of β-amino-alcohol motifs (C(OH)–C–C–N with tert-alkyl or cyclic N) is 1. The third-order valence-electron chi connectivity index (χ3n) is 4.60. The van der Waals surface area contributed by atoms with E-state index in [1.807, 2.05) is 24.3 Å². The molecule has 1 aliphatic heterocycles. The Morgan fingerprint density at radius 2 is 2.04 bits per heavy atom. The van der Waals surface area contributed by atoms with Crippen LogP contribution in [0.2, 0.25) is 0 Å². The van der Waals surface area contributed by atoms with Gasteiger partial charge in [-0.15, -0.1) is 0 Å². The molecule has 1 fully saturated rings. The van der Waals surface area contributed by atoms with Crippen molar-refractivity contribution in [1.29, 1.82) is 0 Å². The Morgan fingerprint density at radius 3 is 2.60 bits per heavy atom. The van der Waals surface area contributed by atoms with Gasteiger partial charge in [-0.05, 0) is 44.4 Å². The minimum absolute atomic E-state index is 0.0141. The largest absolute Gasteiger partial charge is 0.491 e. The van der Waals surface area contributed by atoms with Crippen molar-refractivity contribution in [3.05, 3.63) is 42.0 Å². The SMILES string of the molecule is CC1(C)NC(=O)N(C[C@H](O)COc2ccc([C@H]3C=CCC3)cc2)C1=O. The van der Waals surface area contributed by atoms with Crippen molar-refractivity contribution in [2.45, 2.75) is 44.2 Å². The highest BCUT2D eigenvalue weighted by Crippen LogP contribution is 2.29. The van der Waals surface area contributed by atoms with E-state index in [2.05, 4.69) is 17.5 Å². The number of hydrogen-bond donors (Lipinski definition) is 2. The number of urea groups is 1. The minimum Gasteiger partial charge on any atom is -0.491 e. The molecule has 2 aliphatic rings. The van der Waals surface area contributed by atoms with Gasteiger partial charge in [-0.1, -0.05) is 24.3 Å². The molecule has 6 nitrogen and oxygen atoms in total. The second-order valence-corrected chi connectivity index (χ2v) is 7.12. The number of carbonyl (C=O) groups excluding carboxylic acids is 2. The molecule has 0 unspecified atom stereocenters. The normalized spacial score (nSPS) is 23.0. The second kappa shape index (κ2) is 6.88. The quantitative estimate of drug-likeness (QED) is 0.612. The number of hydrogen-bond acceptors (Lipinski definition) is 4. The zero-order chi connectivity index (χ0) is 18.0. The smallest absolute Gasteiger partial charge is 0.325 e. The first-order valence-electron chi connectivity index (χ1n) is 8.58. The lowest BCUT2D eigenvalue weighted by atomic mass is 9.99. The number of nitrogens with zero attached hydrogens (tertiary/aromatic N) is 1. The van der Waals surface area contributed by atoms with Gasteiger partial charge in [0.25, 0.3) is 5.91 Å². The number of carbonyl (C=O) groups is 2. The Kier molecular flexibility index (Phi) is 4.81. The average molecular weight is 344 g/mol. The first-order chi connectivity index (χ1) is 11.9. The number of benzene rings is 1. The number of allylic oxidation sites excluding steroid dienone is 2. The van der Waals surface area contributed by atoms with E-state index in [9.17, 15) is 14.7 Å². The number of rotatable bonds is 6. The molecular formula is C19H24N2O4. The van der Waals surface area contributed by atoms with Crippen LogP contribution in [-0.2, 0) is 4.79 Å². The zero-order valence-corrected chi connectivity index (χ0v) is 14.6. The molecule has 2 atom stereocenters. The summed E-state index contributed by atoms with van der Waals surface area (Å²) in [5.41, 5.74) is 0.325. The summed E-state index contributed by atoms with van der Waals surface area (Å²) < 4.78 is 5.58. The van der Waals surface area contributed by atoms with Crippen LogP contribution in [0.5, 0.6) is 5.75 Å². The van der Waals surface area contributed by atoms with Gasteiger partial charge in [0.1, 0.15) is 24.0 Å². The molecule has 1 aromatic carbocycles. The van der Waals surface area contributed by atoms with Crippen LogP contribution in [-0.4, -0.2) is 46.7 Å². The molecule has 0 bridgehead atoms. The van der Waals surface area contributed by atoms with Crippen LogP contribution in [0.1, 0.15) is 38.2 Å². The van der Waals surface area contributed by atoms with Gasteiger partial charge in [-0.25, -0.2) is 4.79 Å². The first-order valence-corrected chi connectivity index (χ1v) is 8.58. The summed E-state index contributed by atoms with van der Waals surface area (Å²) in [5, 5.41) is 12.7. The number of aliphatic hydroxyl groups excluding tert-OH is 1. The molecule has 3 rings (SSSR count). The van der Waals surface area contributed by atoms with Crippen molar-refractivity contribution in [2.75, 3.05) is 13.2 Å². The fraction of sp³-hybridized carbons (Fsp3) is 0.474. The van der Waals surface area contributed by atoms with Crippen molar-refractivity contribution in [3.8, 4) is 5.75 Å². The van der Waals surface area contributed by atoms with Crippen LogP contribution in [0.4, 0.5) is 4.79 Å². The van der Waals surface area contributed by atoms with E-state index >= 15 is 0 Å².